The molecule has 1 N–H and O–H groups in total. The van der Waals surface area contributed by atoms with Crippen molar-refractivity contribution in [3.05, 3.63) is 64.2 Å². The van der Waals surface area contributed by atoms with Crippen LogP contribution in [0.25, 0.3) is 11.3 Å². The molecule has 0 unspecified atom stereocenters. The molecule has 2 aliphatic rings. The molecule has 104 valence electrons. The Morgan fingerprint density at radius 1 is 1.00 bits per heavy atom. The van der Waals surface area contributed by atoms with Gasteiger partial charge in [0.25, 0.3) is 5.91 Å². The van der Waals surface area contributed by atoms with Gasteiger partial charge in [0.05, 0.1) is 5.57 Å². The van der Waals surface area contributed by atoms with E-state index in [9.17, 15) is 4.79 Å². The highest BCUT2D eigenvalue weighted by Gasteiger charge is 2.32. The first-order valence-electron chi connectivity index (χ1n) is 7.03. The Hall–Kier alpha value is -2.55. The number of benzene rings is 2. The largest absolute Gasteiger partial charge is 0.487 e. The minimum atomic E-state index is -0.0834. The van der Waals surface area contributed by atoms with Gasteiger partial charge in [-0.15, -0.1) is 0 Å². The van der Waals surface area contributed by atoms with Crippen molar-refractivity contribution < 1.29 is 9.53 Å². The van der Waals surface area contributed by atoms with Crippen molar-refractivity contribution in [2.75, 3.05) is 5.32 Å². The Kier molecular flexibility index (Phi) is 2.45. The molecule has 2 aliphatic heterocycles. The number of hydrogen-bond acceptors (Lipinski definition) is 2. The average Bonchev–Trinajstić information content (AvgIpc) is 2.98. The van der Waals surface area contributed by atoms with Gasteiger partial charge in [-0.25, -0.2) is 0 Å². The number of rotatable bonds is 0. The van der Waals surface area contributed by atoms with Gasteiger partial charge in [-0.2, -0.15) is 0 Å². The van der Waals surface area contributed by atoms with Crippen LogP contribution in [0.1, 0.15) is 27.8 Å². The molecule has 0 aromatic heterocycles. The van der Waals surface area contributed by atoms with Gasteiger partial charge in [0.2, 0.25) is 0 Å². The monoisotopic (exact) mass is 277 g/mol. The normalized spacial score (nSPS) is 19.0. The van der Waals surface area contributed by atoms with Crippen molar-refractivity contribution in [1.82, 2.24) is 0 Å². The topological polar surface area (TPSA) is 38.3 Å². The van der Waals surface area contributed by atoms with Gasteiger partial charge in [0.1, 0.15) is 12.4 Å². The van der Waals surface area contributed by atoms with E-state index >= 15 is 0 Å². The molecule has 2 aromatic rings. The number of amides is 1. The van der Waals surface area contributed by atoms with Crippen LogP contribution in [0.4, 0.5) is 5.69 Å². The predicted octanol–water partition coefficient (Wildman–Crippen LogP) is 3.65. The maximum Gasteiger partial charge on any atom is 0.260 e. The van der Waals surface area contributed by atoms with Crippen molar-refractivity contribution in [2.45, 2.75) is 20.5 Å². The summed E-state index contributed by atoms with van der Waals surface area (Å²) in [5, 5.41) is 2.92. The predicted molar refractivity (Wildman–Crippen MR) is 82.6 cm³/mol. The summed E-state index contributed by atoms with van der Waals surface area (Å²) >= 11 is 0. The van der Waals surface area contributed by atoms with E-state index in [2.05, 4.69) is 23.5 Å². The van der Waals surface area contributed by atoms with Gasteiger partial charge in [-0.05, 0) is 32.0 Å². The minimum absolute atomic E-state index is 0.0834. The van der Waals surface area contributed by atoms with Crippen molar-refractivity contribution in [1.29, 1.82) is 0 Å². The zero-order valence-corrected chi connectivity index (χ0v) is 12.0. The van der Waals surface area contributed by atoms with Crippen molar-refractivity contribution in [3.63, 3.8) is 0 Å². The highest BCUT2D eigenvalue weighted by atomic mass is 16.5. The van der Waals surface area contributed by atoms with Crippen LogP contribution in [0.5, 0.6) is 0 Å². The van der Waals surface area contributed by atoms with E-state index in [0.29, 0.717) is 17.9 Å². The lowest BCUT2D eigenvalue weighted by atomic mass is 9.98. The molecule has 3 heteroatoms. The molecule has 0 aliphatic carbocycles. The zero-order valence-electron chi connectivity index (χ0n) is 12.0. The van der Waals surface area contributed by atoms with E-state index in [1.54, 1.807) is 0 Å². The number of nitrogens with one attached hydrogen (secondary N) is 1. The molecular formula is C18H15NO2. The molecule has 0 atom stereocenters. The van der Waals surface area contributed by atoms with Crippen molar-refractivity contribution in [2.24, 2.45) is 0 Å². The SMILES string of the molecule is Cc1ccc2c(c1)C(=C1C(=O)Nc3ccc(C)cc31)OC2. The Morgan fingerprint density at radius 3 is 2.52 bits per heavy atom. The fourth-order valence-electron chi connectivity index (χ4n) is 2.97. The molecule has 2 aromatic carbocycles. The molecular weight excluding hydrogens is 262 g/mol. The third-order valence-corrected chi connectivity index (χ3v) is 4.03. The van der Waals surface area contributed by atoms with E-state index in [1.165, 1.54) is 5.56 Å². The summed E-state index contributed by atoms with van der Waals surface area (Å²) in [7, 11) is 0. The highest BCUT2D eigenvalue weighted by molar-refractivity contribution is 6.36. The zero-order chi connectivity index (χ0) is 14.6. The van der Waals surface area contributed by atoms with Gasteiger partial charge in [0, 0.05) is 22.4 Å². The second-order valence-electron chi connectivity index (χ2n) is 5.66. The van der Waals surface area contributed by atoms with Crippen LogP contribution in [0, 0.1) is 13.8 Å². The number of anilines is 1. The number of hydrogen-bond donors (Lipinski definition) is 1. The van der Waals surface area contributed by atoms with Crippen molar-refractivity contribution >= 4 is 22.9 Å². The smallest absolute Gasteiger partial charge is 0.260 e. The van der Waals surface area contributed by atoms with E-state index in [1.807, 2.05) is 32.0 Å². The van der Waals surface area contributed by atoms with Gasteiger partial charge in [0.15, 0.2) is 0 Å². The Balaban J connectivity index is 1.98. The molecule has 0 saturated heterocycles. The highest BCUT2D eigenvalue weighted by Crippen LogP contribution is 2.41. The summed E-state index contributed by atoms with van der Waals surface area (Å²) in [6.07, 6.45) is 0. The summed E-state index contributed by atoms with van der Waals surface area (Å²) in [6, 6.07) is 12.2. The van der Waals surface area contributed by atoms with Crippen LogP contribution in [-0.2, 0) is 16.1 Å². The molecule has 0 saturated carbocycles. The van der Waals surface area contributed by atoms with E-state index in [-0.39, 0.29) is 5.91 Å². The summed E-state index contributed by atoms with van der Waals surface area (Å²) in [4.78, 5) is 12.4. The molecule has 21 heavy (non-hydrogen) atoms. The van der Waals surface area contributed by atoms with Crippen LogP contribution < -0.4 is 5.32 Å². The number of carbonyl (C=O) groups is 1. The lowest BCUT2D eigenvalue weighted by Gasteiger charge is -2.06. The van der Waals surface area contributed by atoms with Crippen LogP contribution in [0.3, 0.4) is 0 Å². The van der Waals surface area contributed by atoms with E-state index in [0.717, 1.165) is 27.9 Å². The summed E-state index contributed by atoms with van der Waals surface area (Å²) in [5.74, 6) is 0.621. The first-order valence-corrected chi connectivity index (χ1v) is 7.03. The molecule has 0 fully saturated rings. The Bertz CT molecular complexity index is 818. The molecule has 0 bridgehead atoms. The number of fused-ring (bicyclic) bond motifs is 2. The molecule has 3 nitrogen and oxygen atoms in total. The van der Waals surface area contributed by atoms with Crippen molar-refractivity contribution in [3.8, 4) is 0 Å². The first-order chi connectivity index (χ1) is 10.1. The molecule has 4 rings (SSSR count). The average molecular weight is 277 g/mol. The number of ether oxygens (including phenoxy) is 1. The van der Waals surface area contributed by atoms with Gasteiger partial charge >= 0.3 is 0 Å². The summed E-state index contributed by atoms with van der Waals surface area (Å²) in [5.41, 5.74) is 6.91. The standard InChI is InChI=1S/C18H15NO2/c1-10-3-5-12-9-21-17(13(12)7-10)16-14-8-11(2)4-6-15(14)19-18(16)20/h3-8H,9H2,1-2H3,(H,19,20). The minimum Gasteiger partial charge on any atom is -0.487 e. The number of carbonyl (C=O) groups excluding carboxylic acids is 1. The second kappa shape index (κ2) is 4.22. The van der Waals surface area contributed by atoms with Crippen LogP contribution >= 0.6 is 0 Å². The van der Waals surface area contributed by atoms with Crippen LogP contribution in [-0.4, -0.2) is 5.91 Å². The van der Waals surface area contributed by atoms with Gasteiger partial charge in [-0.1, -0.05) is 29.3 Å². The molecule has 0 spiro atoms. The number of aryl methyl sites for hydroxylation is 2. The summed E-state index contributed by atoms with van der Waals surface area (Å²) < 4.78 is 5.85. The van der Waals surface area contributed by atoms with Gasteiger partial charge < -0.3 is 10.1 Å². The summed E-state index contributed by atoms with van der Waals surface area (Å²) in [6.45, 7) is 4.61. The fraction of sp³-hybridized carbons (Fsp3) is 0.167. The maximum absolute atomic E-state index is 12.4. The maximum atomic E-state index is 12.4. The third kappa shape index (κ3) is 1.77. The molecule has 1 amide bonds. The Morgan fingerprint density at radius 2 is 1.71 bits per heavy atom. The Labute approximate surface area is 123 Å². The molecule has 0 radical (unpaired) electrons. The fourth-order valence-corrected chi connectivity index (χ4v) is 2.97. The van der Waals surface area contributed by atoms with Gasteiger partial charge in [-0.3, -0.25) is 4.79 Å². The van der Waals surface area contributed by atoms with E-state index in [4.69, 9.17) is 4.74 Å². The second-order valence-corrected chi connectivity index (χ2v) is 5.66. The first kappa shape index (κ1) is 12.2. The van der Waals surface area contributed by atoms with E-state index < -0.39 is 0 Å². The lowest BCUT2D eigenvalue weighted by molar-refractivity contribution is -0.110. The van der Waals surface area contributed by atoms with Crippen LogP contribution in [0.2, 0.25) is 0 Å². The molecule has 2 heterocycles. The van der Waals surface area contributed by atoms with Crippen LogP contribution in [0.15, 0.2) is 36.4 Å². The lowest BCUT2D eigenvalue weighted by Crippen LogP contribution is -2.05. The third-order valence-electron chi connectivity index (χ3n) is 4.03. The quantitative estimate of drug-likeness (QED) is 0.746.